The smallest absolute Gasteiger partial charge is 0.328 e. The Balaban J connectivity index is 1.65. The minimum absolute atomic E-state index is 0.00741. The minimum Gasteiger partial charge on any atom is -0.480 e. The molecule has 2 aliphatic rings. The SMILES string of the molecule is O=C(O)C1COCCN1C(=O)/C=C/c1ccc(N2CCCC2=O)cc1. The van der Waals surface area contributed by atoms with Gasteiger partial charge in [-0.25, -0.2) is 4.79 Å². The lowest BCUT2D eigenvalue weighted by Crippen LogP contribution is -2.52. The van der Waals surface area contributed by atoms with E-state index in [4.69, 9.17) is 9.84 Å². The molecule has 1 aromatic carbocycles. The van der Waals surface area contributed by atoms with Crippen LogP contribution >= 0.6 is 0 Å². The summed E-state index contributed by atoms with van der Waals surface area (Å²) >= 11 is 0. The highest BCUT2D eigenvalue weighted by atomic mass is 16.5. The Kier molecular flexibility index (Phi) is 5.14. The third-order valence-corrected chi connectivity index (χ3v) is 4.39. The summed E-state index contributed by atoms with van der Waals surface area (Å²) in [6, 6.07) is 6.41. The van der Waals surface area contributed by atoms with Crippen LogP contribution in [0.4, 0.5) is 5.69 Å². The number of ether oxygens (including phenoxy) is 1. The van der Waals surface area contributed by atoms with Crippen molar-refractivity contribution in [3.05, 3.63) is 35.9 Å². The zero-order valence-corrected chi connectivity index (χ0v) is 13.8. The van der Waals surface area contributed by atoms with Crippen LogP contribution in [-0.2, 0) is 19.1 Å². The average molecular weight is 344 g/mol. The highest BCUT2D eigenvalue weighted by Gasteiger charge is 2.31. The number of nitrogens with zero attached hydrogens (tertiary/aromatic N) is 2. The molecular weight excluding hydrogens is 324 g/mol. The van der Waals surface area contributed by atoms with E-state index in [9.17, 15) is 14.4 Å². The van der Waals surface area contributed by atoms with Crippen LogP contribution < -0.4 is 4.90 Å². The molecule has 1 unspecified atom stereocenters. The van der Waals surface area contributed by atoms with Gasteiger partial charge in [0.15, 0.2) is 6.04 Å². The number of hydrogen-bond donors (Lipinski definition) is 1. The number of anilines is 1. The van der Waals surface area contributed by atoms with Gasteiger partial charge in [0.2, 0.25) is 11.8 Å². The Morgan fingerprint density at radius 3 is 2.60 bits per heavy atom. The predicted molar refractivity (Wildman–Crippen MR) is 91.0 cm³/mol. The molecule has 132 valence electrons. The van der Waals surface area contributed by atoms with Crippen LogP contribution in [0, 0.1) is 0 Å². The van der Waals surface area contributed by atoms with Crippen LogP contribution in [0.15, 0.2) is 30.3 Å². The first kappa shape index (κ1) is 17.2. The fraction of sp³-hybridized carbons (Fsp3) is 0.389. The Hall–Kier alpha value is -2.67. The number of rotatable bonds is 4. The highest BCUT2D eigenvalue weighted by molar-refractivity contribution is 5.96. The second-order valence-corrected chi connectivity index (χ2v) is 6.03. The first-order chi connectivity index (χ1) is 12.1. The van der Waals surface area contributed by atoms with Gasteiger partial charge in [0.25, 0.3) is 0 Å². The molecule has 7 nitrogen and oxygen atoms in total. The molecule has 1 atom stereocenters. The number of carboxylic acid groups (broad SMARTS) is 1. The van der Waals surface area contributed by atoms with Crippen molar-refractivity contribution in [3.63, 3.8) is 0 Å². The minimum atomic E-state index is -1.07. The van der Waals surface area contributed by atoms with Crippen LogP contribution in [0.25, 0.3) is 6.08 Å². The number of carbonyl (C=O) groups excluding carboxylic acids is 2. The number of hydrogen-bond acceptors (Lipinski definition) is 4. The van der Waals surface area contributed by atoms with Gasteiger partial charge in [-0.3, -0.25) is 9.59 Å². The maximum atomic E-state index is 12.3. The Morgan fingerprint density at radius 1 is 1.20 bits per heavy atom. The zero-order valence-electron chi connectivity index (χ0n) is 13.8. The van der Waals surface area contributed by atoms with E-state index in [1.807, 2.05) is 24.3 Å². The monoisotopic (exact) mass is 344 g/mol. The van der Waals surface area contributed by atoms with Crippen LogP contribution in [0.5, 0.6) is 0 Å². The van der Waals surface area contributed by atoms with Gasteiger partial charge in [-0.05, 0) is 30.2 Å². The van der Waals surface area contributed by atoms with E-state index in [0.29, 0.717) is 13.0 Å². The molecule has 2 fully saturated rings. The van der Waals surface area contributed by atoms with E-state index in [2.05, 4.69) is 0 Å². The highest BCUT2D eigenvalue weighted by Crippen LogP contribution is 2.22. The molecule has 0 radical (unpaired) electrons. The van der Waals surface area contributed by atoms with Crippen molar-refractivity contribution in [3.8, 4) is 0 Å². The molecule has 0 saturated carbocycles. The standard InChI is InChI=1S/C18H20N2O5/c21-16-2-1-9-19(16)14-6-3-13(4-7-14)5-8-17(22)20-10-11-25-12-15(20)18(23)24/h3-8,15H,1-2,9-12H2,(H,23,24)/b8-5+. The third-order valence-electron chi connectivity index (χ3n) is 4.39. The van der Waals surface area contributed by atoms with Crippen LogP contribution in [-0.4, -0.2) is 60.1 Å². The maximum absolute atomic E-state index is 12.3. The molecule has 0 spiro atoms. The van der Waals surface area contributed by atoms with E-state index in [1.54, 1.807) is 11.0 Å². The molecule has 0 aromatic heterocycles. The quantitative estimate of drug-likeness (QED) is 0.828. The molecule has 2 saturated heterocycles. The largest absolute Gasteiger partial charge is 0.480 e. The fourth-order valence-corrected chi connectivity index (χ4v) is 3.02. The van der Waals surface area contributed by atoms with E-state index < -0.39 is 12.0 Å². The first-order valence-corrected chi connectivity index (χ1v) is 8.26. The molecule has 3 rings (SSSR count). The Bertz CT molecular complexity index is 698. The average Bonchev–Trinajstić information content (AvgIpc) is 3.06. The first-order valence-electron chi connectivity index (χ1n) is 8.26. The summed E-state index contributed by atoms with van der Waals surface area (Å²) in [5.74, 6) is -1.29. The molecule has 2 heterocycles. The maximum Gasteiger partial charge on any atom is 0.328 e. The van der Waals surface area contributed by atoms with Crippen molar-refractivity contribution in [1.29, 1.82) is 0 Å². The normalized spacial score (nSPS) is 21.1. The van der Waals surface area contributed by atoms with E-state index in [-0.39, 0.29) is 25.0 Å². The van der Waals surface area contributed by atoms with E-state index in [0.717, 1.165) is 24.2 Å². The summed E-state index contributed by atoms with van der Waals surface area (Å²) in [4.78, 5) is 38.3. The van der Waals surface area contributed by atoms with Crippen molar-refractivity contribution in [1.82, 2.24) is 4.90 Å². The molecule has 0 aliphatic carbocycles. The summed E-state index contributed by atoms with van der Waals surface area (Å²) in [5, 5.41) is 9.17. The number of carboxylic acids is 1. The van der Waals surface area contributed by atoms with Gasteiger partial charge in [-0.2, -0.15) is 0 Å². The Labute approximate surface area is 145 Å². The van der Waals surface area contributed by atoms with E-state index >= 15 is 0 Å². The van der Waals surface area contributed by atoms with Crippen molar-refractivity contribution in [2.24, 2.45) is 0 Å². The van der Waals surface area contributed by atoms with Gasteiger partial charge in [0.1, 0.15) is 0 Å². The molecule has 0 bridgehead atoms. The molecule has 7 heteroatoms. The summed E-state index contributed by atoms with van der Waals surface area (Å²) in [7, 11) is 0. The van der Waals surface area contributed by atoms with Crippen molar-refractivity contribution in [2.75, 3.05) is 31.2 Å². The van der Waals surface area contributed by atoms with Crippen LogP contribution in [0.3, 0.4) is 0 Å². The second kappa shape index (κ2) is 7.48. The van der Waals surface area contributed by atoms with Gasteiger partial charge in [0, 0.05) is 31.3 Å². The van der Waals surface area contributed by atoms with Crippen molar-refractivity contribution >= 4 is 29.5 Å². The van der Waals surface area contributed by atoms with Gasteiger partial charge in [0.05, 0.1) is 13.2 Å². The zero-order chi connectivity index (χ0) is 17.8. The number of morpholine rings is 1. The molecule has 25 heavy (non-hydrogen) atoms. The molecule has 1 aromatic rings. The number of amides is 2. The second-order valence-electron chi connectivity index (χ2n) is 6.03. The lowest BCUT2D eigenvalue weighted by atomic mass is 10.1. The molecular formula is C18H20N2O5. The Morgan fingerprint density at radius 2 is 1.96 bits per heavy atom. The lowest BCUT2D eigenvalue weighted by molar-refractivity contribution is -0.156. The fourth-order valence-electron chi connectivity index (χ4n) is 3.02. The molecule has 1 N–H and O–H groups in total. The summed E-state index contributed by atoms with van der Waals surface area (Å²) in [5.41, 5.74) is 1.66. The van der Waals surface area contributed by atoms with E-state index in [1.165, 1.54) is 11.0 Å². The van der Waals surface area contributed by atoms with Crippen LogP contribution in [0.2, 0.25) is 0 Å². The third kappa shape index (κ3) is 3.88. The van der Waals surface area contributed by atoms with Gasteiger partial charge >= 0.3 is 5.97 Å². The summed E-state index contributed by atoms with van der Waals surface area (Å²) in [6.45, 7) is 1.34. The summed E-state index contributed by atoms with van der Waals surface area (Å²) in [6.07, 6.45) is 4.48. The van der Waals surface area contributed by atoms with Crippen LogP contribution in [0.1, 0.15) is 18.4 Å². The summed E-state index contributed by atoms with van der Waals surface area (Å²) < 4.78 is 5.13. The number of carbonyl (C=O) groups is 3. The van der Waals surface area contributed by atoms with Gasteiger partial charge < -0.3 is 19.6 Å². The lowest BCUT2D eigenvalue weighted by Gasteiger charge is -2.32. The topological polar surface area (TPSA) is 87.2 Å². The number of aliphatic carboxylic acids is 1. The molecule has 2 amide bonds. The predicted octanol–water partition coefficient (Wildman–Crippen LogP) is 1.14. The van der Waals surface area contributed by atoms with Crippen molar-refractivity contribution in [2.45, 2.75) is 18.9 Å². The molecule has 2 aliphatic heterocycles. The number of benzene rings is 1. The van der Waals surface area contributed by atoms with Crippen molar-refractivity contribution < 1.29 is 24.2 Å². The van der Waals surface area contributed by atoms with Gasteiger partial charge in [-0.15, -0.1) is 0 Å². The van der Waals surface area contributed by atoms with Gasteiger partial charge in [-0.1, -0.05) is 12.1 Å².